The van der Waals surface area contributed by atoms with E-state index in [-0.39, 0.29) is 35.9 Å². The smallest absolute Gasteiger partial charge is 0.410 e. The van der Waals surface area contributed by atoms with Crippen LogP contribution in [0.1, 0.15) is 112 Å². The first-order valence-electron chi connectivity index (χ1n) is 25.7. The van der Waals surface area contributed by atoms with E-state index < -0.39 is 23.7 Å². The van der Waals surface area contributed by atoms with Gasteiger partial charge in [0.1, 0.15) is 17.3 Å². The maximum atomic E-state index is 13.6. The third-order valence-electron chi connectivity index (χ3n) is 12.2. The number of piperidine rings is 1. The number of aliphatic hydroxyl groups excluding tert-OH is 1. The highest BCUT2D eigenvalue weighted by atomic mass is 35.5. The Hall–Kier alpha value is -6.77. The van der Waals surface area contributed by atoms with Crippen LogP contribution in [0, 0.1) is 18.3 Å². The number of carbonyl (C=O) groups excluding carboxylic acids is 3. The first-order valence-corrected chi connectivity index (χ1v) is 26.9. The fraction of sp³-hybridized carbons (Fsp3) is 0.355. The van der Waals surface area contributed by atoms with E-state index in [4.69, 9.17) is 21.1 Å². The number of benzene rings is 5. The van der Waals surface area contributed by atoms with Gasteiger partial charge in [-0.1, -0.05) is 136 Å². The molecule has 2 amide bonds. The van der Waals surface area contributed by atoms with Crippen LogP contribution < -0.4 is 10.9 Å². The molecule has 8 rings (SSSR count). The van der Waals surface area contributed by atoms with Gasteiger partial charge in [0.2, 0.25) is 12.0 Å². The second-order valence-corrected chi connectivity index (χ2v) is 23.4. The van der Waals surface area contributed by atoms with Gasteiger partial charge in [0.15, 0.2) is 0 Å². The van der Waals surface area contributed by atoms with E-state index in [1.54, 1.807) is 44.2 Å². The standard InChI is InChI=1S/C33H34N2O3S.C24H27ClN2O5.C5H12/c36-24-34-21-30-14-15-31(39-30)28-12-7-13-29(20-28)32(27-10-5-2-6-11-27)33(37)38-23-26-16-18-35(19-17-26)22-25-8-3-1-4-9-25;1-14-5-6-15(11-18(14)25)12-27(23(31)32-24(2,3)4)13-20(29)16-7-9-19(28)22-17(16)8-10-21(30)26-22;1-5(2,3)4/h1-15,20,24,26,32H,16-19,21-23H2,(H,34,36);5-11,20,28-29H,12-13H2,1-4H3,(H,26,30);1-4H3. The summed E-state index contributed by atoms with van der Waals surface area (Å²) in [5.74, 6) is -0.409. The molecule has 0 saturated carbocycles. The number of hydrogen-bond donors (Lipinski definition) is 4. The normalized spacial score (nSPS) is 13.8. The van der Waals surface area contributed by atoms with E-state index in [0.717, 1.165) is 70.0 Å². The second kappa shape index (κ2) is 27.3. The molecule has 14 heteroatoms. The number of nitrogens with zero attached hydrogens (tertiary/aromatic N) is 2. The van der Waals surface area contributed by atoms with E-state index in [1.807, 2.05) is 67.6 Å². The predicted molar refractivity (Wildman–Crippen MR) is 306 cm³/mol. The number of aliphatic hydroxyl groups is 1. The second-order valence-electron chi connectivity index (χ2n) is 21.8. The van der Waals surface area contributed by atoms with Gasteiger partial charge in [0.25, 0.3) is 0 Å². The molecule has 0 aliphatic carbocycles. The zero-order valence-electron chi connectivity index (χ0n) is 45.0. The number of hydrogen-bond acceptors (Lipinski definition) is 10. The summed E-state index contributed by atoms with van der Waals surface area (Å²) in [4.78, 5) is 57.5. The van der Waals surface area contributed by atoms with Crippen molar-refractivity contribution in [2.24, 2.45) is 11.3 Å². The van der Waals surface area contributed by atoms with Crippen molar-refractivity contribution < 1.29 is 34.1 Å². The van der Waals surface area contributed by atoms with Crippen LogP contribution in [0.2, 0.25) is 5.02 Å². The van der Waals surface area contributed by atoms with Crippen molar-refractivity contribution in [1.82, 2.24) is 20.1 Å². The number of nitrogens with one attached hydrogen (secondary N) is 2. The van der Waals surface area contributed by atoms with Gasteiger partial charge in [-0.3, -0.25) is 19.3 Å². The van der Waals surface area contributed by atoms with Gasteiger partial charge >= 0.3 is 12.1 Å². The lowest BCUT2D eigenvalue weighted by atomic mass is 9.90. The number of aromatic amines is 1. The van der Waals surface area contributed by atoms with Crippen molar-refractivity contribution in [1.29, 1.82) is 0 Å². The Morgan fingerprint density at radius 1 is 0.842 bits per heavy atom. The minimum Gasteiger partial charge on any atom is -0.506 e. The molecule has 402 valence electrons. The first kappa shape index (κ1) is 58.5. The topological polar surface area (TPSA) is 162 Å². The molecule has 12 nitrogen and oxygen atoms in total. The predicted octanol–water partition coefficient (Wildman–Crippen LogP) is 13.0. The summed E-state index contributed by atoms with van der Waals surface area (Å²) in [5.41, 5.74) is 6.06. The molecule has 0 radical (unpaired) electrons. The van der Waals surface area contributed by atoms with E-state index in [2.05, 4.69) is 91.4 Å². The lowest BCUT2D eigenvalue weighted by Gasteiger charge is -2.32. The summed E-state index contributed by atoms with van der Waals surface area (Å²) in [5, 5.41) is 24.9. The summed E-state index contributed by atoms with van der Waals surface area (Å²) in [6.07, 6.45) is 1.10. The van der Waals surface area contributed by atoms with E-state index in [0.29, 0.717) is 46.9 Å². The van der Waals surface area contributed by atoms with E-state index in [1.165, 1.54) is 28.7 Å². The van der Waals surface area contributed by atoms with Crippen LogP contribution in [0.4, 0.5) is 4.79 Å². The van der Waals surface area contributed by atoms with Crippen LogP contribution in [0.15, 0.2) is 144 Å². The van der Waals surface area contributed by atoms with Gasteiger partial charge in [-0.2, -0.15) is 0 Å². The molecule has 4 N–H and O–H groups in total. The largest absolute Gasteiger partial charge is 0.506 e. The molecule has 3 heterocycles. The summed E-state index contributed by atoms with van der Waals surface area (Å²) in [6.45, 7) is 20.0. The average molecular weight is 1070 g/mol. The highest BCUT2D eigenvalue weighted by Gasteiger charge is 2.29. The summed E-state index contributed by atoms with van der Waals surface area (Å²) in [7, 11) is 0. The molecule has 0 spiro atoms. The Morgan fingerprint density at radius 3 is 2.17 bits per heavy atom. The highest BCUT2D eigenvalue weighted by molar-refractivity contribution is 7.15. The van der Waals surface area contributed by atoms with Gasteiger partial charge in [-0.25, -0.2) is 4.79 Å². The van der Waals surface area contributed by atoms with Crippen LogP contribution in [-0.2, 0) is 38.7 Å². The minimum atomic E-state index is -1.10. The summed E-state index contributed by atoms with van der Waals surface area (Å²) >= 11 is 7.88. The number of ether oxygens (including phenoxy) is 2. The Balaban J connectivity index is 0.000000230. The van der Waals surface area contributed by atoms with Crippen LogP contribution in [0.5, 0.6) is 5.75 Å². The molecule has 1 aliphatic rings. The number of carbonyl (C=O) groups is 3. The molecule has 0 bridgehead atoms. The van der Waals surface area contributed by atoms with Crippen LogP contribution >= 0.6 is 22.9 Å². The number of pyridine rings is 1. The zero-order valence-corrected chi connectivity index (χ0v) is 46.5. The SMILES string of the molecule is CC(C)(C)C.Cc1ccc(CN(CC(O)c2ccc(O)c3[nH]c(=O)ccc23)C(=O)OC(C)(C)C)cc1Cl.O=CNCc1ccc(-c2cccc(C(C(=O)OCC3CCN(Cc4ccccc4)CC3)c3ccccc3)c2)s1. The lowest BCUT2D eigenvalue weighted by molar-refractivity contribution is -0.146. The van der Waals surface area contributed by atoms with E-state index >= 15 is 0 Å². The van der Waals surface area contributed by atoms with Gasteiger partial charge in [-0.15, -0.1) is 11.3 Å². The van der Waals surface area contributed by atoms with Crippen molar-refractivity contribution in [2.75, 3.05) is 26.2 Å². The Bertz CT molecular complexity index is 3040. The number of phenolic OH excluding ortho intramolecular Hbond substituents is 1. The molecule has 2 unspecified atom stereocenters. The van der Waals surface area contributed by atoms with Crippen molar-refractivity contribution in [2.45, 2.75) is 105 Å². The van der Waals surface area contributed by atoms with Crippen molar-refractivity contribution >= 4 is 52.3 Å². The number of thiophene rings is 1. The van der Waals surface area contributed by atoms with Crippen molar-refractivity contribution in [3.63, 3.8) is 0 Å². The van der Waals surface area contributed by atoms with Gasteiger partial charge in [0.05, 0.1) is 31.3 Å². The maximum absolute atomic E-state index is 13.6. The monoisotopic (exact) mass is 1070 g/mol. The number of esters is 1. The number of aryl methyl sites for hydroxylation is 1. The molecule has 1 fully saturated rings. The Kier molecular flexibility index (Phi) is 21.0. The lowest BCUT2D eigenvalue weighted by Crippen LogP contribution is -2.38. The Morgan fingerprint density at radius 2 is 1.51 bits per heavy atom. The maximum Gasteiger partial charge on any atom is 0.410 e. The molecular weight excluding hydrogens is 996 g/mol. The number of aromatic hydroxyl groups is 1. The summed E-state index contributed by atoms with van der Waals surface area (Å²) in [6, 6.07) is 44.0. The Labute approximate surface area is 456 Å². The van der Waals surface area contributed by atoms with Gasteiger partial charge in [-0.05, 0) is 140 Å². The average Bonchev–Trinajstić information content (AvgIpc) is 3.87. The third kappa shape index (κ3) is 18.2. The van der Waals surface area contributed by atoms with Crippen LogP contribution in [0.3, 0.4) is 0 Å². The molecule has 5 aromatic carbocycles. The molecule has 1 aliphatic heterocycles. The molecular formula is C62H73ClN4O8S. The number of fused-ring (bicyclic) bond motifs is 1. The number of phenols is 1. The van der Waals surface area contributed by atoms with Crippen molar-refractivity contribution in [3.8, 4) is 16.2 Å². The molecule has 2 atom stereocenters. The number of rotatable bonds is 16. The fourth-order valence-corrected chi connectivity index (χ4v) is 9.69. The number of H-pyrrole nitrogens is 1. The molecule has 7 aromatic rings. The summed E-state index contributed by atoms with van der Waals surface area (Å²) < 4.78 is 11.5. The molecule has 2 aromatic heterocycles. The minimum absolute atomic E-state index is 0.0700. The number of likely N-dealkylation sites (tertiary alicyclic amines) is 1. The highest BCUT2D eigenvalue weighted by Crippen LogP contribution is 2.34. The van der Waals surface area contributed by atoms with Crippen molar-refractivity contribution in [3.05, 3.63) is 193 Å². The fourth-order valence-electron chi connectivity index (χ4n) is 8.53. The third-order valence-corrected chi connectivity index (χ3v) is 13.8. The van der Waals surface area contributed by atoms with Gasteiger partial charge in [0, 0.05) is 39.3 Å². The number of amides is 2. The first-order chi connectivity index (χ1) is 36.1. The van der Waals surface area contributed by atoms with Crippen LogP contribution in [0.25, 0.3) is 21.3 Å². The van der Waals surface area contributed by atoms with E-state index in [9.17, 15) is 29.4 Å². The molecule has 1 saturated heterocycles. The number of aromatic nitrogens is 1. The zero-order chi connectivity index (χ0) is 55.0. The quantitative estimate of drug-likeness (QED) is 0.0545. The van der Waals surface area contributed by atoms with Gasteiger partial charge < -0.3 is 34.9 Å². The molecule has 76 heavy (non-hydrogen) atoms. The number of halogens is 1. The van der Waals surface area contributed by atoms with Crippen LogP contribution in [-0.4, -0.2) is 75.3 Å².